The van der Waals surface area contributed by atoms with Gasteiger partial charge in [-0.25, -0.2) is 14.8 Å². The lowest BCUT2D eigenvalue weighted by molar-refractivity contribution is -0.0408. The number of rotatable bonds is 12. The van der Waals surface area contributed by atoms with Crippen molar-refractivity contribution in [2.45, 2.75) is 50.2 Å². The van der Waals surface area contributed by atoms with Crippen LogP contribution >= 0.6 is 22.7 Å². The number of nitrogens with one attached hydrogen (secondary N) is 2. The van der Waals surface area contributed by atoms with Gasteiger partial charge in [0.2, 0.25) is 0 Å². The van der Waals surface area contributed by atoms with Gasteiger partial charge in [-0.3, -0.25) is 20.2 Å². The number of amides is 4. The lowest BCUT2D eigenvalue weighted by atomic mass is 9.90. The molecule has 1 aliphatic heterocycles. The second-order valence-electron chi connectivity index (χ2n) is 13.0. The first-order valence-electron chi connectivity index (χ1n) is 17.4. The van der Waals surface area contributed by atoms with E-state index in [1.165, 1.54) is 22.7 Å². The zero-order chi connectivity index (χ0) is 37.4. The highest BCUT2D eigenvalue weighted by Gasteiger charge is 2.46. The van der Waals surface area contributed by atoms with Gasteiger partial charge >= 0.3 is 6.03 Å². The van der Waals surface area contributed by atoms with Crippen LogP contribution in [0, 0.1) is 0 Å². The third-order valence-electron chi connectivity index (χ3n) is 9.40. The van der Waals surface area contributed by atoms with Gasteiger partial charge in [-0.05, 0) is 59.4 Å². The minimum absolute atomic E-state index is 0.0449. The number of anilines is 2. The summed E-state index contributed by atoms with van der Waals surface area (Å²) in [5.41, 5.74) is 3.87. The van der Waals surface area contributed by atoms with Gasteiger partial charge in [0, 0.05) is 47.4 Å². The van der Waals surface area contributed by atoms with Crippen LogP contribution in [0.15, 0.2) is 132 Å². The fraction of sp³-hybridized carbons (Fsp3) is 0.195. The Kier molecular flexibility index (Phi) is 11.5. The van der Waals surface area contributed by atoms with Crippen LogP contribution in [0.3, 0.4) is 0 Å². The van der Waals surface area contributed by atoms with E-state index >= 15 is 4.79 Å². The number of carbonyl (C=O) groups excluding carboxylic acids is 3. The van der Waals surface area contributed by atoms with Crippen molar-refractivity contribution in [3.8, 4) is 0 Å². The molecule has 4 N–H and O–H groups in total. The molecule has 1 aliphatic rings. The predicted molar refractivity (Wildman–Crippen MR) is 209 cm³/mol. The summed E-state index contributed by atoms with van der Waals surface area (Å²) in [7, 11) is 0. The van der Waals surface area contributed by atoms with E-state index < -0.39 is 30.3 Å². The van der Waals surface area contributed by atoms with Gasteiger partial charge in [0.15, 0.2) is 10.3 Å². The summed E-state index contributed by atoms with van der Waals surface area (Å²) in [4.78, 5) is 53.0. The Labute approximate surface area is 320 Å². The number of hydrogen-bond acceptors (Lipinski definition) is 9. The van der Waals surface area contributed by atoms with Crippen molar-refractivity contribution in [1.82, 2.24) is 19.8 Å². The van der Waals surface area contributed by atoms with Gasteiger partial charge in [-0.2, -0.15) is 0 Å². The van der Waals surface area contributed by atoms with Crippen LogP contribution in [0.1, 0.15) is 43.0 Å². The molecular weight excluding hydrogens is 721 g/mol. The number of hydrogen-bond donors (Lipinski definition) is 4. The molecule has 54 heavy (non-hydrogen) atoms. The quantitative estimate of drug-likeness (QED) is 0.112. The summed E-state index contributed by atoms with van der Waals surface area (Å²) < 4.78 is 0. The van der Waals surface area contributed by atoms with Crippen LogP contribution in [0.2, 0.25) is 0 Å². The summed E-state index contributed by atoms with van der Waals surface area (Å²) in [5, 5.41) is 34.3. The van der Waals surface area contributed by atoms with E-state index in [1.807, 2.05) is 72.8 Å². The smallest absolute Gasteiger partial charge is 0.321 e. The van der Waals surface area contributed by atoms with E-state index in [0.29, 0.717) is 32.5 Å². The van der Waals surface area contributed by atoms with Crippen molar-refractivity contribution in [3.63, 3.8) is 0 Å². The molecule has 274 valence electrons. The minimum atomic E-state index is -1.33. The van der Waals surface area contributed by atoms with Gasteiger partial charge < -0.3 is 20.0 Å². The first-order valence-corrected chi connectivity index (χ1v) is 19.2. The van der Waals surface area contributed by atoms with Gasteiger partial charge in [0.1, 0.15) is 12.2 Å². The zero-order valence-electron chi connectivity index (χ0n) is 29.1. The number of aliphatic hydroxyl groups excluding tert-OH is 2. The Balaban J connectivity index is 1.25. The number of nitrogens with zero attached hydrogens (tertiary/aromatic N) is 4. The Morgan fingerprint density at radius 2 is 1.00 bits per heavy atom. The second kappa shape index (κ2) is 16.9. The van der Waals surface area contributed by atoms with E-state index in [4.69, 9.17) is 0 Å². The van der Waals surface area contributed by atoms with Crippen molar-refractivity contribution < 1.29 is 24.6 Å². The molecule has 0 spiro atoms. The monoisotopic (exact) mass is 758 g/mol. The molecule has 7 rings (SSSR count). The van der Waals surface area contributed by atoms with Crippen LogP contribution in [0.4, 0.5) is 15.1 Å². The summed E-state index contributed by atoms with van der Waals surface area (Å²) in [6.07, 6.45) is 1.09. The van der Waals surface area contributed by atoms with Gasteiger partial charge in [-0.1, -0.05) is 84.9 Å². The van der Waals surface area contributed by atoms with Crippen LogP contribution in [0.5, 0.6) is 0 Å². The lowest BCUT2D eigenvalue weighted by Gasteiger charge is -2.36. The lowest BCUT2D eigenvalue weighted by Crippen LogP contribution is -2.50. The SMILES string of the molecule is O=C(Nc1nccs1)c1cccc(CN2C(=O)N(Cc3cccc(C(=O)Nc4nccs4)c3)[C@@H](Cc3ccccc3)[C@H](O)[C@@H](O)[C@H]2Cc2ccccc2)c1. The second-order valence-corrected chi connectivity index (χ2v) is 14.8. The number of aromatic nitrogens is 2. The molecule has 1 saturated heterocycles. The molecule has 0 saturated carbocycles. The molecule has 4 amide bonds. The van der Waals surface area contributed by atoms with E-state index in [1.54, 1.807) is 69.4 Å². The topological polar surface area (TPSA) is 148 Å². The van der Waals surface area contributed by atoms with E-state index in [2.05, 4.69) is 20.6 Å². The third kappa shape index (κ3) is 8.72. The van der Waals surface area contributed by atoms with E-state index in [9.17, 15) is 19.8 Å². The Morgan fingerprint density at radius 1 is 0.593 bits per heavy atom. The average Bonchev–Trinajstić information content (AvgIpc) is 3.92. The number of aliphatic hydroxyl groups is 2. The maximum absolute atomic E-state index is 15.2. The molecule has 11 nitrogen and oxygen atoms in total. The summed E-state index contributed by atoms with van der Waals surface area (Å²) in [6.45, 7) is 0.0899. The minimum Gasteiger partial charge on any atom is -0.388 e. The maximum atomic E-state index is 15.2. The summed E-state index contributed by atoms with van der Waals surface area (Å²) >= 11 is 2.62. The first kappa shape index (κ1) is 36.6. The normalized spacial score (nSPS) is 18.6. The number of carbonyl (C=O) groups is 3. The fourth-order valence-electron chi connectivity index (χ4n) is 6.74. The molecule has 6 aromatic rings. The van der Waals surface area contributed by atoms with E-state index in [-0.39, 0.29) is 37.7 Å². The van der Waals surface area contributed by atoms with Crippen LogP contribution in [-0.2, 0) is 25.9 Å². The molecular formula is C41H38N6O5S2. The molecule has 3 heterocycles. The highest BCUT2D eigenvalue weighted by Crippen LogP contribution is 2.30. The van der Waals surface area contributed by atoms with Crippen LogP contribution < -0.4 is 10.6 Å². The summed E-state index contributed by atoms with van der Waals surface area (Å²) in [5.74, 6) is -0.678. The Hall–Kier alpha value is -5.73. The standard InChI is InChI=1S/C41H38N6O5S2/c48-35-33(23-27-9-3-1-4-10-27)46(25-29-13-7-15-31(21-29)37(50)44-39-42-17-19-53-39)41(52)47(34(36(35)49)24-28-11-5-2-6-12-28)26-30-14-8-16-32(22-30)38(51)45-40-43-18-20-54-40/h1-22,33-36,48-49H,23-26H2,(H,42,44,50)(H,43,45,51)/t33-,34+,35-,36-/m0/s1. The molecule has 4 atom stereocenters. The van der Waals surface area contributed by atoms with Crippen molar-refractivity contribution in [1.29, 1.82) is 0 Å². The molecule has 1 fully saturated rings. The van der Waals surface area contributed by atoms with Crippen molar-refractivity contribution in [2.75, 3.05) is 10.6 Å². The average molecular weight is 759 g/mol. The van der Waals surface area contributed by atoms with Crippen LogP contribution in [-0.4, -0.2) is 72.1 Å². The number of benzene rings is 4. The van der Waals surface area contributed by atoms with E-state index in [0.717, 1.165) is 11.1 Å². The number of urea groups is 1. The molecule has 2 aromatic heterocycles. The highest BCUT2D eigenvalue weighted by molar-refractivity contribution is 7.14. The van der Waals surface area contributed by atoms with Gasteiger partial charge in [-0.15, -0.1) is 22.7 Å². The van der Waals surface area contributed by atoms with Crippen molar-refractivity contribution in [2.24, 2.45) is 0 Å². The number of thiazole rings is 2. The maximum Gasteiger partial charge on any atom is 0.321 e. The zero-order valence-corrected chi connectivity index (χ0v) is 30.7. The molecule has 4 aromatic carbocycles. The predicted octanol–water partition coefficient (Wildman–Crippen LogP) is 6.49. The molecule has 0 bridgehead atoms. The highest BCUT2D eigenvalue weighted by atomic mass is 32.1. The largest absolute Gasteiger partial charge is 0.388 e. The summed E-state index contributed by atoms with van der Waals surface area (Å²) in [6, 6.07) is 31.0. The molecule has 0 unspecified atom stereocenters. The van der Waals surface area contributed by atoms with Crippen LogP contribution in [0.25, 0.3) is 0 Å². The van der Waals surface area contributed by atoms with Crippen molar-refractivity contribution >= 4 is 50.8 Å². The Bertz CT molecular complexity index is 2020. The Morgan fingerprint density at radius 3 is 1.39 bits per heavy atom. The van der Waals surface area contributed by atoms with Crippen molar-refractivity contribution in [3.05, 3.63) is 166 Å². The van der Waals surface area contributed by atoms with Gasteiger partial charge in [0.25, 0.3) is 11.8 Å². The molecule has 0 aliphatic carbocycles. The molecule has 0 radical (unpaired) electrons. The first-order chi connectivity index (χ1) is 26.3. The molecule has 13 heteroatoms. The fourth-order valence-corrected chi connectivity index (χ4v) is 7.79. The van der Waals surface area contributed by atoms with Gasteiger partial charge in [0.05, 0.1) is 12.1 Å². The third-order valence-corrected chi connectivity index (χ3v) is 10.8.